The van der Waals surface area contributed by atoms with Gasteiger partial charge in [-0.05, 0) is 18.6 Å². The van der Waals surface area contributed by atoms with E-state index in [1.807, 2.05) is 18.3 Å². The van der Waals surface area contributed by atoms with Gasteiger partial charge in [-0.3, -0.25) is 9.67 Å². The molecular weight excluding hydrogens is 248 g/mol. The fourth-order valence-electron chi connectivity index (χ4n) is 1.50. The second-order valence-corrected chi connectivity index (χ2v) is 4.18. The van der Waals surface area contributed by atoms with Gasteiger partial charge in [0.1, 0.15) is 4.99 Å². The second-order valence-electron chi connectivity index (χ2n) is 3.74. The highest BCUT2D eigenvalue weighted by molar-refractivity contribution is 7.80. The number of nitrogens with one attached hydrogen (secondary N) is 1. The third kappa shape index (κ3) is 3.49. The van der Waals surface area contributed by atoms with Gasteiger partial charge in [-0.2, -0.15) is 0 Å². The Labute approximate surface area is 110 Å². The predicted octanol–water partition coefficient (Wildman–Crippen LogP) is 0.809. The van der Waals surface area contributed by atoms with Gasteiger partial charge in [-0.25, -0.2) is 0 Å². The Balaban J connectivity index is 1.79. The van der Waals surface area contributed by atoms with E-state index in [2.05, 4.69) is 20.6 Å². The molecule has 2 aromatic heterocycles. The smallest absolute Gasteiger partial charge is 0.122 e. The molecule has 0 unspecified atom stereocenters. The average molecular weight is 262 g/mol. The molecular formula is C11H14N6S. The van der Waals surface area contributed by atoms with Crippen LogP contribution in [0.5, 0.6) is 0 Å². The van der Waals surface area contributed by atoms with Gasteiger partial charge >= 0.3 is 0 Å². The van der Waals surface area contributed by atoms with Crippen LogP contribution in [0.1, 0.15) is 12.1 Å². The standard InChI is InChI=1S/C11H14N6S/c12-11(18)10-8-9(2-4-14-10)13-3-1-6-17-7-5-15-16-17/h2,4-5,7-8H,1,3,6H2,(H2,12,18)(H,13,14). The van der Waals surface area contributed by atoms with E-state index in [9.17, 15) is 0 Å². The summed E-state index contributed by atoms with van der Waals surface area (Å²) in [5, 5.41) is 10.9. The molecule has 0 bridgehead atoms. The lowest BCUT2D eigenvalue weighted by Gasteiger charge is -2.07. The van der Waals surface area contributed by atoms with Gasteiger partial charge in [0, 0.05) is 31.2 Å². The summed E-state index contributed by atoms with van der Waals surface area (Å²) in [5.41, 5.74) is 7.12. The van der Waals surface area contributed by atoms with Gasteiger partial charge < -0.3 is 11.1 Å². The third-order valence-electron chi connectivity index (χ3n) is 2.38. The SMILES string of the molecule is NC(=S)c1cc(NCCCn2ccnn2)ccn1. The molecule has 0 aliphatic carbocycles. The number of hydrogen-bond acceptors (Lipinski definition) is 5. The molecule has 0 saturated carbocycles. The van der Waals surface area contributed by atoms with Crippen LogP contribution in [0, 0.1) is 0 Å². The van der Waals surface area contributed by atoms with E-state index < -0.39 is 0 Å². The molecule has 0 atom stereocenters. The molecule has 2 aromatic rings. The number of aromatic nitrogens is 4. The number of pyridine rings is 1. The van der Waals surface area contributed by atoms with E-state index in [4.69, 9.17) is 18.0 Å². The summed E-state index contributed by atoms with van der Waals surface area (Å²) >= 11 is 4.88. The highest BCUT2D eigenvalue weighted by Crippen LogP contribution is 2.07. The molecule has 6 nitrogen and oxygen atoms in total. The molecule has 0 radical (unpaired) electrons. The lowest BCUT2D eigenvalue weighted by Crippen LogP contribution is -2.12. The van der Waals surface area contributed by atoms with Crippen molar-refractivity contribution in [3.63, 3.8) is 0 Å². The number of thiocarbonyl (C=S) groups is 1. The lowest BCUT2D eigenvalue weighted by atomic mass is 10.3. The van der Waals surface area contributed by atoms with Crippen LogP contribution in [0.15, 0.2) is 30.7 Å². The summed E-state index contributed by atoms with van der Waals surface area (Å²) in [6.07, 6.45) is 6.16. The molecule has 2 heterocycles. The first kappa shape index (κ1) is 12.4. The summed E-state index contributed by atoms with van der Waals surface area (Å²) in [6.45, 7) is 1.67. The zero-order valence-electron chi connectivity index (χ0n) is 9.78. The van der Waals surface area contributed by atoms with Gasteiger partial charge in [0.05, 0.1) is 11.9 Å². The minimum atomic E-state index is 0.307. The Morgan fingerprint density at radius 1 is 1.44 bits per heavy atom. The van der Waals surface area contributed by atoms with Crippen molar-refractivity contribution in [2.45, 2.75) is 13.0 Å². The van der Waals surface area contributed by atoms with Crippen molar-refractivity contribution in [2.24, 2.45) is 5.73 Å². The first-order valence-electron chi connectivity index (χ1n) is 5.59. The maximum Gasteiger partial charge on any atom is 0.122 e. The molecule has 0 fully saturated rings. The predicted molar refractivity (Wildman–Crippen MR) is 73.3 cm³/mol. The molecule has 0 aliphatic rings. The summed E-state index contributed by atoms with van der Waals surface area (Å²) < 4.78 is 1.80. The largest absolute Gasteiger partial charge is 0.388 e. The minimum Gasteiger partial charge on any atom is -0.388 e. The molecule has 0 aliphatic heterocycles. The van der Waals surface area contributed by atoms with Crippen LogP contribution in [0.3, 0.4) is 0 Å². The molecule has 0 spiro atoms. The second kappa shape index (κ2) is 6.06. The number of hydrogen-bond donors (Lipinski definition) is 2. The van der Waals surface area contributed by atoms with Crippen LogP contribution in [-0.2, 0) is 6.54 Å². The van der Waals surface area contributed by atoms with E-state index in [-0.39, 0.29) is 0 Å². The van der Waals surface area contributed by atoms with E-state index >= 15 is 0 Å². The van der Waals surface area contributed by atoms with Crippen molar-refractivity contribution in [3.05, 3.63) is 36.4 Å². The first-order chi connectivity index (χ1) is 8.75. The van der Waals surface area contributed by atoms with Gasteiger partial charge in [0.25, 0.3) is 0 Å². The van der Waals surface area contributed by atoms with Crippen molar-refractivity contribution in [1.82, 2.24) is 20.0 Å². The van der Waals surface area contributed by atoms with Gasteiger partial charge in [0.2, 0.25) is 0 Å². The van der Waals surface area contributed by atoms with Gasteiger partial charge in [0.15, 0.2) is 0 Å². The van der Waals surface area contributed by atoms with Crippen molar-refractivity contribution in [3.8, 4) is 0 Å². The van der Waals surface area contributed by atoms with E-state index in [0.29, 0.717) is 10.7 Å². The minimum absolute atomic E-state index is 0.307. The Kier molecular flexibility index (Phi) is 4.19. The quantitative estimate of drug-likeness (QED) is 0.592. The van der Waals surface area contributed by atoms with E-state index in [1.165, 1.54) is 0 Å². The summed E-state index contributed by atoms with van der Waals surface area (Å²) in [7, 11) is 0. The zero-order chi connectivity index (χ0) is 12.8. The van der Waals surface area contributed by atoms with E-state index in [0.717, 1.165) is 25.2 Å². The first-order valence-corrected chi connectivity index (χ1v) is 6.00. The highest BCUT2D eigenvalue weighted by Gasteiger charge is 1.99. The zero-order valence-corrected chi connectivity index (χ0v) is 10.6. The normalized spacial score (nSPS) is 10.2. The fourth-order valence-corrected chi connectivity index (χ4v) is 1.61. The highest BCUT2D eigenvalue weighted by atomic mass is 32.1. The van der Waals surface area contributed by atoms with Crippen LogP contribution >= 0.6 is 12.2 Å². The van der Waals surface area contributed by atoms with E-state index in [1.54, 1.807) is 17.1 Å². The van der Waals surface area contributed by atoms with Crippen LogP contribution < -0.4 is 11.1 Å². The van der Waals surface area contributed by atoms with Crippen molar-refractivity contribution in [1.29, 1.82) is 0 Å². The average Bonchev–Trinajstić information content (AvgIpc) is 2.88. The maximum atomic E-state index is 5.52. The number of anilines is 1. The lowest BCUT2D eigenvalue weighted by molar-refractivity contribution is 0.570. The van der Waals surface area contributed by atoms with Gasteiger partial charge in [-0.15, -0.1) is 5.10 Å². The molecule has 7 heteroatoms. The van der Waals surface area contributed by atoms with Crippen molar-refractivity contribution < 1.29 is 0 Å². The van der Waals surface area contributed by atoms with Crippen molar-refractivity contribution in [2.75, 3.05) is 11.9 Å². The molecule has 2 rings (SSSR count). The van der Waals surface area contributed by atoms with Crippen LogP contribution in [0.4, 0.5) is 5.69 Å². The number of aryl methyl sites for hydroxylation is 1. The number of rotatable bonds is 6. The van der Waals surface area contributed by atoms with Crippen LogP contribution in [0.2, 0.25) is 0 Å². The molecule has 18 heavy (non-hydrogen) atoms. The Morgan fingerprint density at radius 3 is 3.06 bits per heavy atom. The maximum absolute atomic E-state index is 5.52. The summed E-state index contributed by atoms with van der Waals surface area (Å²) in [5.74, 6) is 0. The van der Waals surface area contributed by atoms with Crippen molar-refractivity contribution >= 4 is 22.9 Å². The number of nitrogens with two attached hydrogens (primary N) is 1. The molecule has 0 saturated heterocycles. The molecule has 0 amide bonds. The fraction of sp³-hybridized carbons (Fsp3) is 0.273. The summed E-state index contributed by atoms with van der Waals surface area (Å²) in [6, 6.07) is 3.73. The van der Waals surface area contributed by atoms with Crippen LogP contribution in [0.25, 0.3) is 0 Å². The summed E-state index contributed by atoms with van der Waals surface area (Å²) in [4.78, 5) is 4.39. The molecule has 3 N–H and O–H groups in total. The van der Waals surface area contributed by atoms with Gasteiger partial charge in [-0.1, -0.05) is 17.4 Å². The molecule has 0 aromatic carbocycles. The monoisotopic (exact) mass is 262 g/mol. The molecule has 94 valence electrons. The number of nitrogens with zero attached hydrogens (tertiary/aromatic N) is 4. The topological polar surface area (TPSA) is 81.6 Å². The third-order valence-corrected chi connectivity index (χ3v) is 2.59. The Hall–Kier alpha value is -2.02. The Bertz CT molecular complexity index is 510. The Morgan fingerprint density at radius 2 is 2.33 bits per heavy atom. The van der Waals surface area contributed by atoms with Crippen LogP contribution in [-0.4, -0.2) is 31.5 Å².